The average Bonchev–Trinajstić information content (AvgIpc) is 2.50. The van der Waals surface area contributed by atoms with Crippen molar-refractivity contribution in [2.45, 2.75) is 26.9 Å². The number of amides is 2. The highest BCUT2D eigenvalue weighted by molar-refractivity contribution is 6.04. The van der Waals surface area contributed by atoms with E-state index in [9.17, 15) is 9.59 Å². The minimum atomic E-state index is -0.572. The number of rotatable bonds is 6. The molecule has 0 fully saturated rings. The molecule has 23 heavy (non-hydrogen) atoms. The lowest BCUT2D eigenvalue weighted by atomic mass is 10.0. The van der Waals surface area contributed by atoms with Crippen molar-refractivity contribution >= 4 is 17.5 Å². The molecule has 1 aromatic carbocycles. The molecule has 1 aliphatic heterocycles. The zero-order valence-electron chi connectivity index (χ0n) is 14.1. The van der Waals surface area contributed by atoms with Crippen molar-refractivity contribution in [1.29, 1.82) is 0 Å². The van der Waals surface area contributed by atoms with Gasteiger partial charge in [-0.2, -0.15) is 0 Å². The van der Waals surface area contributed by atoms with Crippen LogP contribution in [0, 0.1) is 12.8 Å². The summed E-state index contributed by atoms with van der Waals surface area (Å²) in [7, 11) is 1.57. The van der Waals surface area contributed by atoms with Gasteiger partial charge in [0.2, 0.25) is 5.91 Å². The molecule has 0 aliphatic carbocycles. The van der Waals surface area contributed by atoms with Gasteiger partial charge in [0.15, 0.2) is 6.10 Å². The molecule has 0 spiro atoms. The zero-order chi connectivity index (χ0) is 17.0. The molecule has 126 valence electrons. The van der Waals surface area contributed by atoms with Crippen molar-refractivity contribution in [2.24, 2.45) is 5.92 Å². The summed E-state index contributed by atoms with van der Waals surface area (Å²) in [6.45, 7) is 6.63. The van der Waals surface area contributed by atoms with Crippen LogP contribution in [0.15, 0.2) is 18.2 Å². The number of hydrogen-bond donors (Lipinski definition) is 1. The SMILES string of the molecule is COCCNC(=O)CN1C(=O)[C@@H](C(C)C)Oc2ccc(C)cc21. The monoisotopic (exact) mass is 320 g/mol. The number of carbonyl (C=O) groups excluding carboxylic acids is 2. The van der Waals surface area contributed by atoms with Crippen molar-refractivity contribution in [3.05, 3.63) is 23.8 Å². The average molecular weight is 320 g/mol. The summed E-state index contributed by atoms with van der Waals surface area (Å²) in [6, 6.07) is 5.65. The van der Waals surface area contributed by atoms with E-state index < -0.39 is 6.10 Å². The van der Waals surface area contributed by atoms with Crippen LogP contribution in [0.5, 0.6) is 5.75 Å². The van der Waals surface area contributed by atoms with Gasteiger partial charge in [-0.25, -0.2) is 0 Å². The van der Waals surface area contributed by atoms with Crippen LogP contribution in [0.25, 0.3) is 0 Å². The van der Waals surface area contributed by atoms with Gasteiger partial charge in [0.25, 0.3) is 5.91 Å². The van der Waals surface area contributed by atoms with Crippen LogP contribution in [0.3, 0.4) is 0 Å². The second-order valence-electron chi connectivity index (χ2n) is 6.02. The lowest BCUT2D eigenvalue weighted by Gasteiger charge is -2.35. The first kappa shape index (κ1) is 17.3. The molecule has 0 radical (unpaired) electrons. The first-order valence-corrected chi connectivity index (χ1v) is 7.78. The highest BCUT2D eigenvalue weighted by Crippen LogP contribution is 2.36. The van der Waals surface area contributed by atoms with Crippen molar-refractivity contribution in [1.82, 2.24) is 5.32 Å². The normalized spacial score (nSPS) is 17.0. The number of hydrogen-bond acceptors (Lipinski definition) is 4. The number of carbonyl (C=O) groups is 2. The lowest BCUT2D eigenvalue weighted by Crippen LogP contribution is -2.51. The second-order valence-corrected chi connectivity index (χ2v) is 6.02. The number of fused-ring (bicyclic) bond motifs is 1. The van der Waals surface area contributed by atoms with Crippen LogP contribution in [-0.2, 0) is 14.3 Å². The Morgan fingerprint density at radius 3 is 2.83 bits per heavy atom. The van der Waals surface area contributed by atoms with Gasteiger partial charge >= 0.3 is 0 Å². The zero-order valence-corrected chi connectivity index (χ0v) is 14.1. The molecule has 2 rings (SSSR count). The maximum Gasteiger partial charge on any atom is 0.268 e. The Morgan fingerprint density at radius 2 is 2.17 bits per heavy atom. The summed E-state index contributed by atoms with van der Waals surface area (Å²) >= 11 is 0. The number of nitrogens with zero attached hydrogens (tertiary/aromatic N) is 1. The van der Waals surface area contributed by atoms with E-state index in [4.69, 9.17) is 9.47 Å². The Morgan fingerprint density at radius 1 is 1.43 bits per heavy atom. The Bertz CT molecular complexity index is 586. The molecular weight excluding hydrogens is 296 g/mol. The van der Waals surface area contributed by atoms with Crippen molar-refractivity contribution < 1.29 is 19.1 Å². The molecule has 6 nitrogen and oxygen atoms in total. The maximum atomic E-state index is 12.7. The van der Waals surface area contributed by atoms with E-state index >= 15 is 0 Å². The summed E-state index contributed by atoms with van der Waals surface area (Å²) in [6.07, 6.45) is -0.572. The third kappa shape index (κ3) is 4.01. The van der Waals surface area contributed by atoms with Gasteiger partial charge in [-0.3, -0.25) is 14.5 Å². The predicted octanol–water partition coefficient (Wildman–Crippen LogP) is 1.51. The van der Waals surface area contributed by atoms with Crippen LogP contribution in [0.1, 0.15) is 19.4 Å². The third-order valence-corrected chi connectivity index (χ3v) is 3.70. The van der Waals surface area contributed by atoms with E-state index in [1.54, 1.807) is 7.11 Å². The number of anilines is 1. The van der Waals surface area contributed by atoms with Crippen LogP contribution in [-0.4, -0.2) is 44.7 Å². The van der Waals surface area contributed by atoms with Gasteiger partial charge in [-0.1, -0.05) is 19.9 Å². The molecule has 1 heterocycles. The van der Waals surface area contributed by atoms with Gasteiger partial charge < -0.3 is 14.8 Å². The van der Waals surface area contributed by atoms with E-state index in [2.05, 4.69) is 5.32 Å². The molecule has 0 unspecified atom stereocenters. The van der Waals surface area contributed by atoms with Crippen LogP contribution >= 0.6 is 0 Å². The van der Waals surface area contributed by atoms with Crippen LogP contribution < -0.4 is 15.0 Å². The van der Waals surface area contributed by atoms with Gasteiger partial charge in [-0.05, 0) is 30.5 Å². The third-order valence-electron chi connectivity index (χ3n) is 3.70. The molecule has 2 amide bonds. The maximum absolute atomic E-state index is 12.7. The molecule has 6 heteroatoms. The molecule has 1 N–H and O–H groups in total. The number of aryl methyl sites for hydroxylation is 1. The quantitative estimate of drug-likeness (QED) is 0.807. The van der Waals surface area contributed by atoms with Crippen LogP contribution in [0.2, 0.25) is 0 Å². The predicted molar refractivity (Wildman–Crippen MR) is 87.7 cm³/mol. The van der Waals surface area contributed by atoms with E-state index in [1.165, 1.54) is 4.90 Å². The fourth-order valence-electron chi connectivity index (χ4n) is 2.47. The van der Waals surface area contributed by atoms with E-state index in [0.29, 0.717) is 24.6 Å². The molecule has 1 aromatic rings. The van der Waals surface area contributed by atoms with Crippen molar-refractivity contribution in [2.75, 3.05) is 31.7 Å². The summed E-state index contributed by atoms with van der Waals surface area (Å²) in [5.74, 6) is 0.266. The number of benzene rings is 1. The number of methoxy groups -OCH3 is 1. The van der Waals surface area contributed by atoms with Crippen LogP contribution in [0.4, 0.5) is 5.69 Å². The molecule has 0 bridgehead atoms. The Labute approximate surface area is 136 Å². The molecular formula is C17H24N2O4. The highest BCUT2D eigenvalue weighted by Gasteiger charge is 2.37. The summed E-state index contributed by atoms with van der Waals surface area (Å²) < 4.78 is 10.7. The van der Waals surface area contributed by atoms with Gasteiger partial charge in [0, 0.05) is 13.7 Å². The lowest BCUT2D eigenvalue weighted by molar-refractivity contribution is -0.130. The molecule has 0 saturated heterocycles. The number of ether oxygens (including phenoxy) is 2. The van der Waals surface area contributed by atoms with Gasteiger partial charge in [0.1, 0.15) is 12.3 Å². The standard InChI is InChI=1S/C17H24N2O4/c1-11(2)16-17(21)19(10-15(20)18-7-8-22-4)13-9-12(3)5-6-14(13)23-16/h5-6,9,11,16H,7-8,10H2,1-4H3,(H,18,20)/t16-/m1/s1. The van der Waals surface area contributed by atoms with E-state index in [1.807, 2.05) is 39.0 Å². The number of nitrogens with one attached hydrogen (secondary N) is 1. The first-order valence-electron chi connectivity index (χ1n) is 7.78. The summed E-state index contributed by atoms with van der Waals surface area (Å²) in [4.78, 5) is 26.3. The summed E-state index contributed by atoms with van der Waals surface area (Å²) in [5, 5.41) is 2.74. The Balaban J connectivity index is 2.23. The van der Waals surface area contributed by atoms with Crippen molar-refractivity contribution in [3.8, 4) is 5.75 Å². The molecule has 0 saturated carbocycles. The largest absolute Gasteiger partial charge is 0.478 e. The smallest absolute Gasteiger partial charge is 0.268 e. The highest BCUT2D eigenvalue weighted by atomic mass is 16.5. The van der Waals surface area contributed by atoms with Crippen molar-refractivity contribution in [3.63, 3.8) is 0 Å². The van der Waals surface area contributed by atoms with Gasteiger partial charge in [0.05, 0.1) is 12.3 Å². The fraction of sp³-hybridized carbons (Fsp3) is 0.529. The second kappa shape index (κ2) is 7.46. The molecule has 1 atom stereocenters. The Kier molecular flexibility index (Phi) is 5.60. The molecule has 1 aliphatic rings. The van der Waals surface area contributed by atoms with Gasteiger partial charge in [-0.15, -0.1) is 0 Å². The summed E-state index contributed by atoms with van der Waals surface area (Å²) in [5.41, 5.74) is 1.65. The topological polar surface area (TPSA) is 67.9 Å². The van der Waals surface area contributed by atoms with E-state index in [-0.39, 0.29) is 24.3 Å². The minimum Gasteiger partial charge on any atom is -0.478 e. The first-order chi connectivity index (χ1) is 10.9. The minimum absolute atomic E-state index is 0.0222. The fourth-order valence-corrected chi connectivity index (χ4v) is 2.47. The Hall–Kier alpha value is -2.08. The molecule has 0 aromatic heterocycles. The van der Waals surface area contributed by atoms with E-state index in [0.717, 1.165) is 5.56 Å².